The van der Waals surface area contributed by atoms with Gasteiger partial charge in [0.25, 0.3) is 0 Å². The third kappa shape index (κ3) is 3.57. The number of carbonyl (C=O) groups is 2. The summed E-state index contributed by atoms with van der Waals surface area (Å²) < 4.78 is 0. The van der Waals surface area contributed by atoms with Crippen molar-refractivity contribution in [1.82, 2.24) is 9.80 Å². The van der Waals surface area contributed by atoms with Crippen molar-refractivity contribution in [3.05, 3.63) is 35.9 Å². The van der Waals surface area contributed by atoms with E-state index in [1.807, 2.05) is 30.3 Å². The Morgan fingerprint density at radius 2 is 1.66 bits per heavy atom. The van der Waals surface area contributed by atoms with Crippen molar-refractivity contribution in [2.24, 2.45) is 5.41 Å². The molecule has 3 fully saturated rings. The van der Waals surface area contributed by atoms with Gasteiger partial charge in [0.15, 0.2) is 0 Å². The van der Waals surface area contributed by atoms with E-state index >= 15 is 0 Å². The summed E-state index contributed by atoms with van der Waals surface area (Å²) in [7, 11) is 0. The van der Waals surface area contributed by atoms with E-state index in [4.69, 9.17) is 0 Å². The average molecular weight is 401 g/mol. The van der Waals surface area contributed by atoms with Gasteiger partial charge in [-0.3, -0.25) is 14.5 Å². The maximum Gasteiger partial charge on any atom is 0.314 e. The predicted molar refractivity (Wildman–Crippen MR) is 109 cm³/mol. The SMILES string of the molecule is O=C(N1CC[C@@H](O)[C@](Cc2ccccc2)(C(=O)O)C1)C1(N2CCCC2)CCCC1. The fraction of sp³-hybridized carbons (Fsp3) is 0.652. The molecule has 1 aromatic rings. The van der Waals surface area contributed by atoms with Gasteiger partial charge in [-0.2, -0.15) is 0 Å². The van der Waals surface area contributed by atoms with Crippen molar-refractivity contribution in [1.29, 1.82) is 0 Å². The standard InChI is InChI=1S/C23H32N2O4/c26-19-10-15-24(17-22(19,21(28)29)16-18-8-2-1-3-9-18)20(27)23(11-4-5-12-23)25-13-6-7-14-25/h1-3,8-9,19,26H,4-7,10-17H2,(H,28,29)/t19-,22-/m1/s1. The predicted octanol–water partition coefficient (Wildman–Crippen LogP) is 2.30. The second kappa shape index (κ2) is 8.07. The average Bonchev–Trinajstić information content (AvgIpc) is 3.42. The molecule has 1 amide bonds. The zero-order chi connectivity index (χ0) is 20.5. The summed E-state index contributed by atoms with van der Waals surface area (Å²) >= 11 is 0. The van der Waals surface area contributed by atoms with Crippen LogP contribution in [-0.2, 0) is 16.0 Å². The lowest BCUT2D eigenvalue weighted by Crippen LogP contribution is -2.64. The van der Waals surface area contributed by atoms with Crippen molar-refractivity contribution >= 4 is 11.9 Å². The lowest BCUT2D eigenvalue weighted by molar-refractivity contribution is -0.169. The highest BCUT2D eigenvalue weighted by molar-refractivity contribution is 5.88. The summed E-state index contributed by atoms with van der Waals surface area (Å²) in [5, 5.41) is 20.9. The van der Waals surface area contributed by atoms with E-state index in [2.05, 4.69) is 4.90 Å². The van der Waals surface area contributed by atoms with Gasteiger partial charge in [-0.25, -0.2) is 0 Å². The van der Waals surface area contributed by atoms with E-state index in [1.165, 1.54) is 0 Å². The first-order valence-corrected chi connectivity index (χ1v) is 11.0. The van der Waals surface area contributed by atoms with Gasteiger partial charge in [-0.05, 0) is 57.2 Å². The van der Waals surface area contributed by atoms with Crippen LogP contribution in [-0.4, -0.2) is 69.7 Å². The number of rotatable bonds is 5. The Kier molecular flexibility index (Phi) is 5.67. The van der Waals surface area contributed by atoms with Crippen LogP contribution in [0, 0.1) is 5.41 Å². The van der Waals surface area contributed by atoms with Crippen LogP contribution in [0.3, 0.4) is 0 Å². The van der Waals surface area contributed by atoms with Crippen LogP contribution in [0.25, 0.3) is 0 Å². The van der Waals surface area contributed by atoms with Crippen molar-refractivity contribution < 1.29 is 19.8 Å². The van der Waals surface area contributed by atoms with Gasteiger partial charge in [0.2, 0.25) is 5.91 Å². The first-order valence-electron chi connectivity index (χ1n) is 11.0. The van der Waals surface area contributed by atoms with Crippen molar-refractivity contribution in [2.75, 3.05) is 26.2 Å². The number of carbonyl (C=O) groups excluding carboxylic acids is 1. The number of likely N-dealkylation sites (tertiary alicyclic amines) is 2. The lowest BCUT2D eigenvalue weighted by atomic mass is 9.72. The molecule has 29 heavy (non-hydrogen) atoms. The minimum atomic E-state index is -1.36. The van der Waals surface area contributed by atoms with Crippen molar-refractivity contribution in [2.45, 2.75) is 63.0 Å². The van der Waals surface area contributed by atoms with Gasteiger partial charge in [-0.1, -0.05) is 43.2 Å². The highest BCUT2D eigenvalue weighted by atomic mass is 16.4. The Morgan fingerprint density at radius 1 is 1.00 bits per heavy atom. The number of carboxylic acid groups (broad SMARTS) is 1. The van der Waals surface area contributed by atoms with Gasteiger partial charge in [0, 0.05) is 13.1 Å². The molecule has 6 nitrogen and oxygen atoms in total. The number of aliphatic hydroxyl groups excluding tert-OH is 1. The molecular weight excluding hydrogens is 368 g/mol. The molecule has 1 saturated carbocycles. The molecule has 1 aliphatic carbocycles. The number of carboxylic acids is 1. The molecule has 6 heteroatoms. The molecule has 2 saturated heterocycles. The molecule has 0 radical (unpaired) electrons. The van der Waals surface area contributed by atoms with E-state index < -0.39 is 23.0 Å². The van der Waals surface area contributed by atoms with Gasteiger partial charge in [-0.15, -0.1) is 0 Å². The number of hydrogen-bond acceptors (Lipinski definition) is 4. The molecule has 3 aliphatic rings. The minimum Gasteiger partial charge on any atom is -0.481 e. The maximum atomic E-state index is 13.8. The summed E-state index contributed by atoms with van der Waals surface area (Å²) in [6.07, 6.45) is 5.65. The molecule has 1 aromatic carbocycles. The molecule has 0 aromatic heterocycles. The van der Waals surface area contributed by atoms with Crippen molar-refractivity contribution in [3.8, 4) is 0 Å². The number of piperidine rings is 1. The second-order valence-electron chi connectivity index (χ2n) is 9.09. The number of hydrogen-bond donors (Lipinski definition) is 2. The first kappa shape index (κ1) is 20.4. The highest BCUT2D eigenvalue weighted by Gasteiger charge is 2.54. The van der Waals surface area contributed by atoms with E-state index in [0.717, 1.165) is 57.2 Å². The van der Waals surface area contributed by atoms with Crippen LogP contribution in [0.2, 0.25) is 0 Å². The monoisotopic (exact) mass is 400 g/mol. The number of benzene rings is 1. The molecule has 0 spiro atoms. The summed E-state index contributed by atoms with van der Waals surface area (Å²) in [5.74, 6) is -0.935. The lowest BCUT2D eigenvalue weighted by Gasteiger charge is -2.47. The van der Waals surface area contributed by atoms with E-state index in [0.29, 0.717) is 13.0 Å². The normalized spacial score (nSPS) is 29.8. The fourth-order valence-corrected chi connectivity index (χ4v) is 5.74. The topological polar surface area (TPSA) is 81.1 Å². The molecule has 0 bridgehead atoms. The number of aliphatic hydroxyl groups is 1. The summed E-state index contributed by atoms with van der Waals surface area (Å²) in [6.45, 7) is 2.42. The quantitative estimate of drug-likeness (QED) is 0.793. The molecule has 0 unspecified atom stereocenters. The molecule has 2 atom stereocenters. The van der Waals surface area contributed by atoms with Gasteiger partial charge >= 0.3 is 5.97 Å². The Balaban J connectivity index is 1.61. The summed E-state index contributed by atoms with van der Waals surface area (Å²) in [5.41, 5.74) is -0.950. The van der Waals surface area contributed by atoms with E-state index in [-0.39, 0.29) is 18.9 Å². The highest BCUT2D eigenvalue weighted by Crippen LogP contribution is 2.42. The Hall–Kier alpha value is -1.92. The third-order valence-electron chi connectivity index (χ3n) is 7.40. The summed E-state index contributed by atoms with van der Waals surface area (Å²) in [4.78, 5) is 30.3. The molecule has 2 N–H and O–H groups in total. The molecule has 2 aliphatic heterocycles. The minimum absolute atomic E-state index is 0.0762. The van der Waals surface area contributed by atoms with Crippen LogP contribution in [0.5, 0.6) is 0 Å². The van der Waals surface area contributed by atoms with Gasteiger partial charge in [0.1, 0.15) is 11.0 Å². The molecular formula is C23H32N2O4. The van der Waals surface area contributed by atoms with E-state index in [9.17, 15) is 19.8 Å². The van der Waals surface area contributed by atoms with Crippen molar-refractivity contribution in [3.63, 3.8) is 0 Å². The third-order valence-corrected chi connectivity index (χ3v) is 7.40. The van der Waals surface area contributed by atoms with Crippen LogP contribution >= 0.6 is 0 Å². The fourth-order valence-electron chi connectivity index (χ4n) is 5.74. The Labute approximate surface area is 172 Å². The van der Waals surface area contributed by atoms with E-state index in [1.54, 1.807) is 4.90 Å². The first-order chi connectivity index (χ1) is 14.0. The van der Waals surface area contributed by atoms with Gasteiger partial charge < -0.3 is 15.1 Å². The molecule has 2 heterocycles. The van der Waals surface area contributed by atoms with Crippen LogP contribution in [0.1, 0.15) is 50.5 Å². The second-order valence-corrected chi connectivity index (χ2v) is 9.09. The molecule has 158 valence electrons. The number of aliphatic carboxylic acids is 1. The Morgan fingerprint density at radius 3 is 2.28 bits per heavy atom. The van der Waals surface area contributed by atoms with Crippen LogP contribution in [0.4, 0.5) is 0 Å². The Bertz CT molecular complexity index is 741. The molecule has 4 rings (SSSR count). The largest absolute Gasteiger partial charge is 0.481 e. The smallest absolute Gasteiger partial charge is 0.314 e. The number of amides is 1. The van der Waals surface area contributed by atoms with Gasteiger partial charge in [0.05, 0.1) is 6.10 Å². The number of nitrogens with zero attached hydrogens (tertiary/aromatic N) is 2. The zero-order valence-corrected chi connectivity index (χ0v) is 17.1. The van der Waals surface area contributed by atoms with Crippen LogP contribution in [0.15, 0.2) is 30.3 Å². The van der Waals surface area contributed by atoms with Crippen LogP contribution < -0.4 is 0 Å². The maximum absolute atomic E-state index is 13.8. The zero-order valence-electron chi connectivity index (χ0n) is 17.1. The summed E-state index contributed by atoms with van der Waals surface area (Å²) in [6, 6.07) is 9.43.